The molecule has 1 aliphatic heterocycles. The first kappa shape index (κ1) is 17.2. The summed E-state index contributed by atoms with van der Waals surface area (Å²) in [6, 6.07) is 4.84. The van der Waals surface area contributed by atoms with Crippen molar-refractivity contribution in [3.05, 3.63) is 38.9 Å². The standard InChI is InChI=1S/C13H18ClN3O2.ClH/c1-13(8-15)4-5-16(9-13)7-10-2-3-11(14)6-12(10)17(18)19;/h2-3,6H,4-5,7-9,15H2,1H3;1H. The van der Waals surface area contributed by atoms with Crippen LogP contribution in [0.3, 0.4) is 0 Å². The lowest BCUT2D eigenvalue weighted by Crippen LogP contribution is -2.31. The van der Waals surface area contributed by atoms with Crippen LogP contribution in [0.1, 0.15) is 18.9 Å². The minimum atomic E-state index is -0.376. The Labute approximate surface area is 129 Å². The Bertz CT molecular complexity index is 499. The molecule has 1 heterocycles. The van der Waals surface area contributed by atoms with Crippen molar-refractivity contribution in [2.45, 2.75) is 19.9 Å². The molecule has 0 radical (unpaired) electrons. The fourth-order valence-electron chi connectivity index (χ4n) is 2.51. The number of nitro benzene ring substituents is 1. The molecule has 5 nitrogen and oxygen atoms in total. The van der Waals surface area contributed by atoms with Gasteiger partial charge in [-0.05, 0) is 37.1 Å². The molecule has 1 saturated heterocycles. The third-order valence-electron chi connectivity index (χ3n) is 3.77. The van der Waals surface area contributed by atoms with E-state index < -0.39 is 0 Å². The van der Waals surface area contributed by atoms with Crippen molar-refractivity contribution in [3.8, 4) is 0 Å². The minimum absolute atomic E-state index is 0. The highest BCUT2D eigenvalue weighted by atomic mass is 35.5. The first-order valence-corrected chi connectivity index (χ1v) is 6.66. The second-order valence-corrected chi connectivity index (χ2v) is 5.94. The van der Waals surface area contributed by atoms with Crippen LogP contribution in [-0.2, 0) is 6.54 Å². The maximum Gasteiger partial charge on any atom is 0.275 e. The smallest absolute Gasteiger partial charge is 0.275 e. The maximum absolute atomic E-state index is 11.0. The van der Waals surface area contributed by atoms with E-state index in [4.69, 9.17) is 17.3 Å². The molecule has 0 bridgehead atoms. The fourth-order valence-corrected chi connectivity index (χ4v) is 2.68. The Morgan fingerprint density at radius 1 is 1.55 bits per heavy atom. The summed E-state index contributed by atoms with van der Waals surface area (Å²) in [5.41, 5.74) is 6.69. The molecule has 2 rings (SSSR count). The molecule has 0 saturated carbocycles. The van der Waals surface area contributed by atoms with Crippen molar-refractivity contribution in [3.63, 3.8) is 0 Å². The number of halogens is 2. The molecular weight excluding hydrogens is 301 g/mol. The van der Waals surface area contributed by atoms with E-state index in [1.807, 2.05) is 0 Å². The van der Waals surface area contributed by atoms with Crippen LogP contribution in [-0.4, -0.2) is 29.5 Å². The lowest BCUT2D eigenvalue weighted by Gasteiger charge is -2.22. The molecule has 0 amide bonds. The SMILES string of the molecule is CC1(CN)CCN(Cc2ccc(Cl)cc2[N+](=O)[O-])C1.Cl. The molecule has 0 aliphatic carbocycles. The third-order valence-corrected chi connectivity index (χ3v) is 4.00. The summed E-state index contributed by atoms with van der Waals surface area (Å²) in [4.78, 5) is 12.9. The van der Waals surface area contributed by atoms with Crippen molar-refractivity contribution in [2.75, 3.05) is 19.6 Å². The molecular formula is C13H19Cl2N3O2. The van der Waals surface area contributed by atoms with Crippen LogP contribution in [0.25, 0.3) is 0 Å². The zero-order chi connectivity index (χ0) is 14.0. The predicted octanol–water partition coefficient (Wildman–Crippen LogP) is 2.84. The van der Waals surface area contributed by atoms with Gasteiger partial charge < -0.3 is 5.73 Å². The average Bonchev–Trinajstić information content (AvgIpc) is 2.74. The van der Waals surface area contributed by atoms with Gasteiger partial charge >= 0.3 is 0 Å². The van der Waals surface area contributed by atoms with Gasteiger partial charge in [-0.1, -0.05) is 18.5 Å². The second-order valence-electron chi connectivity index (χ2n) is 5.51. The monoisotopic (exact) mass is 319 g/mol. The van der Waals surface area contributed by atoms with Crippen molar-refractivity contribution < 1.29 is 4.92 Å². The summed E-state index contributed by atoms with van der Waals surface area (Å²) in [5, 5.41) is 11.4. The largest absolute Gasteiger partial charge is 0.330 e. The molecule has 1 unspecified atom stereocenters. The lowest BCUT2D eigenvalue weighted by atomic mass is 9.90. The van der Waals surface area contributed by atoms with E-state index in [0.29, 0.717) is 23.7 Å². The average molecular weight is 320 g/mol. The summed E-state index contributed by atoms with van der Waals surface area (Å²) in [5.74, 6) is 0. The van der Waals surface area contributed by atoms with Gasteiger partial charge in [0.1, 0.15) is 0 Å². The normalized spacial score (nSPS) is 22.6. The number of nitro groups is 1. The molecule has 1 aromatic carbocycles. The summed E-state index contributed by atoms with van der Waals surface area (Å²) >= 11 is 5.81. The van der Waals surface area contributed by atoms with Crippen LogP contribution >= 0.6 is 24.0 Å². The van der Waals surface area contributed by atoms with Crippen molar-refractivity contribution in [1.82, 2.24) is 4.90 Å². The van der Waals surface area contributed by atoms with Gasteiger partial charge in [-0.25, -0.2) is 0 Å². The number of benzene rings is 1. The molecule has 2 N–H and O–H groups in total. The Balaban J connectivity index is 0.00000200. The predicted molar refractivity (Wildman–Crippen MR) is 82.4 cm³/mol. The number of likely N-dealkylation sites (tertiary alicyclic amines) is 1. The molecule has 1 aliphatic rings. The van der Waals surface area contributed by atoms with Crippen LogP contribution in [0.4, 0.5) is 5.69 Å². The quantitative estimate of drug-likeness (QED) is 0.684. The second kappa shape index (κ2) is 6.72. The van der Waals surface area contributed by atoms with Gasteiger partial charge in [0, 0.05) is 29.7 Å². The van der Waals surface area contributed by atoms with Gasteiger partial charge in [0.15, 0.2) is 0 Å². The number of nitrogens with two attached hydrogens (primary N) is 1. The van der Waals surface area contributed by atoms with E-state index in [1.54, 1.807) is 12.1 Å². The van der Waals surface area contributed by atoms with E-state index in [1.165, 1.54) is 6.07 Å². The van der Waals surface area contributed by atoms with Crippen molar-refractivity contribution in [2.24, 2.45) is 11.1 Å². The van der Waals surface area contributed by atoms with Gasteiger partial charge in [0.05, 0.1) is 4.92 Å². The first-order valence-electron chi connectivity index (χ1n) is 6.29. The zero-order valence-corrected chi connectivity index (χ0v) is 12.9. The van der Waals surface area contributed by atoms with E-state index in [2.05, 4.69) is 11.8 Å². The number of nitrogens with zero attached hydrogens (tertiary/aromatic N) is 2. The van der Waals surface area contributed by atoms with Gasteiger partial charge in [-0.2, -0.15) is 0 Å². The Hall–Kier alpha value is -0.880. The Morgan fingerprint density at radius 2 is 2.25 bits per heavy atom. The highest BCUT2D eigenvalue weighted by Crippen LogP contribution is 2.31. The van der Waals surface area contributed by atoms with Gasteiger partial charge in [-0.15, -0.1) is 12.4 Å². The molecule has 7 heteroatoms. The number of hydrogen-bond acceptors (Lipinski definition) is 4. The summed E-state index contributed by atoms with van der Waals surface area (Å²) in [6.07, 6.45) is 1.03. The third kappa shape index (κ3) is 3.82. The molecule has 1 atom stereocenters. The molecule has 0 aromatic heterocycles. The molecule has 0 spiro atoms. The van der Waals surface area contributed by atoms with Crippen molar-refractivity contribution in [1.29, 1.82) is 0 Å². The first-order chi connectivity index (χ1) is 8.93. The van der Waals surface area contributed by atoms with E-state index in [9.17, 15) is 10.1 Å². The topological polar surface area (TPSA) is 72.4 Å². The number of hydrogen-bond donors (Lipinski definition) is 1. The highest BCUT2D eigenvalue weighted by molar-refractivity contribution is 6.30. The minimum Gasteiger partial charge on any atom is -0.330 e. The molecule has 112 valence electrons. The van der Waals surface area contributed by atoms with Gasteiger partial charge in [0.25, 0.3) is 5.69 Å². The van der Waals surface area contributed by atoms with E-state index in [-0.39, 0.29) is 28.4 Å². The van der Waals surface area contributed by atoms with Crippen molar-refractivity contribution >= 4 is 29.7 Å². The lowest BCUT2D eigenvalue weighted by molar-refractivity contribution is -0.385. The summed E-state index contributed by atoms with van der Waals surface area (Å²) < 4.78 is 0. The fraction of sp³-hybridized carbons (Fsp3) is 0.538. The molecule has 20 heavy (non-hydrogen) atoms. The zero-order valence-electron chi connectivity index (χ0n) is 11.3. The Kier molecular flexibility index (Phi) is 5.77. The molecule has 1 aromatic rings. The highest BCUT2D eigenvalue weighted by Gasteiger charge is 2.33. The summed E-state index contributed by atoms with van der Waals surface area (Å²) in [6.45, 7) is 5.18. The van der Waals surface area contributed by atoms with E-state index >= 15 is 0 Å². The van der Waals surface area contributed by atoms with Gasteiger partial charge in [0.2, 0.25) is 0 Å². The van der Waals surface area contributed by atoms with Crippen LogP contribution in [0.5, 0.6) is 0 Å². The van der Waals surface area contributed by atoms with E-state index in [0.717, 1.165) is 19.5 Å². The van der Waals surface area contributed by atoms with Crippen LogP contribution in [0.2, 0.25) is 5.02 Å². The maximum atomic E-state index is 11.0. The van der Waals surface area contributed by atoms with Gasteiger partial charge in [-0.3, -0.25) is 15.0 Å². The molecule has 1 fully saturated rings. The Morgan fingerprint density at radius 3 is 2.80 bits per heavy atom. The van der Waals surface area contributed by atoms with Crippen LogP contribution in [0, 0.1) is 15.5 Å². The summed E-state index contributed by atoms with van der Waals surface area (Å²) in [7, 11) is 0. The van der Waals surface area contributed by atoms with Crippen LogP contribution < -0.4 is 5.73 Å². The number of rotatable bonds is 4. The van der Waals surface area contributed by atoms with Crippen LogP contribution in [0.15, 0.2) is 18.2 Å².